The van der Waals surface area contributed by atoms with Crippen LogP contribution < -0.4 is 0 Å². The largest absolute Gasteiger partial charge is 0.481 e. The zero-order chi connectivity index (χ0) is 21.6. The molecule has 0 aromatic carbocycles. The van der Waals surface area contributed by atoms with Gasteiger partial charge in [0.1, 0.15) is 6.10 Å². The quantitative estimate of drug-likeness (QED) is 0.561. The van der Waals surface area contributed by atoms with Gasteiger partial charge < -0.3 is 24.8 Å². The standard InChI is InChI=1S/C21H28O8/c1-20-5-3-12(7-16(24)25)21(2,9-15(23)11-4-6-29-10-11)18(20)17(26)14(22)8-13(20)19(27)28/h4,6,10,12-15,18,22-23H,3,5,7-9H2,1-2H3,(H,24,25)(H,27,28)/t12?,13-,14-,15+,18-,20-,21+/m0/s1. The molecule has 0 aliphatic heterocycles. The van der Waals surface area contributed by atoms with E-state index in [9.17, 15) is 34.8 Å². The lowest BCUT2D eigenvalue weighted by molar-refractivity contribution is -0.186. The molecule has 4 N–H and O–H groups in total. The van der Waals surface area contributed by atoms with Gasteiger partial charge in [-0.15, -0.1) is 0 Å². The van der Waals surface area contributed by atoms with Gasteiger partial charge in [-0.1, -0.05) is 13.8 Å². The van der Waals surface area contributed by atoms with Crippen LogP contribution in [0.3, 0.4) is 0 Å². The lowest BCUT2D eigenvalue weighted by Gasteiger charge is -2.60. The maximum atomic E-state index is 13.2. The third-order valence-corrected chi connectivity index (χ3v) is 7.43. The molecule has 8 nitrogen and oxygen atoms in total. The van der Waals surface area contributed by atoms with Crippen LogP contribution in [-0.2, 0) is 14.4 Å². The SMILES string of the molecule is C[C@@]12CCC(CC(=O)O)[C@@](C)(C[C@@H](O)c3ccoc3)[C@H]1C(=O)[C@@H](O)C[C@H]2C(=O)O. The first kappa shape index (κ1) is 21.5. The number of Topliss-reactive ketones (excluding diaryl/α,β-unsaturated/α-hetero) is 1. The van der Waals surface area contributed by atoms with Crippen LogP contribution >= 0.6 is 0 Å². The maximum absolute atomic E-state index is 13.2. The second kappa shape index (κ2) is 7.57. The van der Waals surface area contributed by atoms with E-state index >= 15 is 0 Å². The fourth-order valence-corrected chi connectivity index (χ4v) is 5.99. The molecular weight excluding hydrogens is 380 g/mol. The number of furan rings is 1. The molecule has 0 spiro atoms. The minimum atomic E-state index is -1.41. The predicted octanol–water partition coefficient (Wildman–Crippen LogP) is 2.25. The number of carboxylic acid groups (broad SMARTS) is 2. The summed E-state index contributed by atoms with van der Waals surface area (Å²) in [4.78, 5) is 36.6. The Morgan fingerprint density at radius 1 is 1.31 bits per heavy atom. The van der Waals surface area contributed by atoms with Crippen molar-refractivity contribution >= 4 is 17.7 Å². The van der Waals surface area contributed by atoms with E-state index in [1.165, 1.54) is 12.5 Å². The number of carboxylic acids is 2. The van der Waals surface area contributed by atoms with E-state index < -0.39 is 58.5 Å². The Morgan fingerprint density at radius 3 is 2.55 bits per heavy atom. The van der Waals surface area contributed by atoms with Crippen LogP contribution in [0.2, 0.25) is 0 Å². The van der Waals surface area contributed by atoms with Gasteiger partial charge in [-0.25, -0.2) is 0 Å². The Balaban J connectivity index is 2.08. The summed E-state index contributed by atoms with van der Waals surface area (Å²) in [7, 11) is 0. The fourth-order valence-electron chi connectivity index (χ4n) is 5.99. The number of ketones is 1. The molecule has 0 radical (unpaired) electrons. The molecule has 1 aromatic rings. The minimum Gasteiger partial charge on any atom is -0.481 e. The molecule has 3 rings (SSSR count). The smallest absolute Gasteiger partial charge is 0.307 e. The average molecular weight is 408 g/mol. The van der Waals surface area contributed by atoms with Crippen molar-refractivity contribution in [2.45, 2.75) is 58.2 Å². The van der Waals surface area contributed by atoms with Crippen molar-refractivity contribution < 1.29 is 39.2 Å². The summed E-state index contributed by atoms with van der Waals surface area (Å²) < 4.78 is 5.02. The molecule has 160 valence electrons. The Hall–Kier alpha value is -2.19. The highest BCUT2D eigenvalue weighted by atomic mass is 16.4. The van der Waals surface area contributed by atoms with E-state index in [0.29, 0.717) is 18.4 Å². The Kier molecular flexibility index (Phi) is 5.62. The molecule has 1 heterocycles. The highest BCUT2D eigenvalue weighted by molar-refractivity contribution is 5.90. The molecule has 2 aliphatic rings. The molecule has 2 aliphatic carbocycles. The van der Waals surface area contributed by atoms with Gasteiger partial charge in [-0.3, -0.25) is 14.4 Å². The first-order valence-electron chi connectivity index (χ1n) is 9.87. The molecule has 1 aromatic heterocycles. The van der Waals surface area contributed by atoms with Gasteiger partial charge in [0.05, 0.1) is 24.5 Å². The van der Waals surface area contributed by atoms with E-state index in [2.05, 4.69) is 0 Å². The summed E-state index contributed by atoms with van der Waals surface area (Å²) in [5, 5.41) is 40.4. The van der Waals surface area contributed by atoms with Gasteiger partial charge in [-0.05, 0) is 48.5 Å². The van der Waals surface area contributed by atoms with Crippen molar-refractivity contribution in [2.75, 3.05) is 0 Å². The number of fused-ring (bicyclic) bond motifs is 1. The van der Waals surface area contributed by atoms with Crippen molar-refractivity contribution in [3.8, 4) is 0 Å². The highest BCUT2D eigenvalue weighted by Crippen LogP contribution is 2.63. The number of aliphatic hydroxyl groups excluding tert-OH is 2. The fraction of sp³-hybridized carbons (Fsp3) is 0.667. The monoisotopic (exact) mass is 408 g/mol. The predicted molar refractivity (Wildman–Crippen MR) is 99.7 cm³/mol. The first-order chi connectivity index (χ1) is 13.5. The Bertz CT molecular complexity index is 787. The van der Waals surface area contributed by atoms with Crippen LogP contribution in [0.4, 0.5) is 0 Å². The summed E-state index contributed by atoms with van der Waals surface area (Å²) in [5.74, 6) is -4.78. The highest BCUT2D eigenvalue weighted by Gasteiger charge is 2.64. The maximum Gasteiger partial charge on any atom is 0.307 e. The zero-order valence-corrected chi connectivity index (χ0v) is 16.6. The molecule has 2 saturated carbocycles. The van der Waals surface area contributed by atoms with Crippen molar-refractivity contribution in [1.82, 2.24) is 0 Å². The molecule has 0 saturated heterocycles. The van der Waals surface area contributed by atoms with Crippen LogP contribution in [0.25, 0.3) is 0 Å². The van der Waals surface area contributed by atoms with Crippen molar-refractivity contribution in [3.63, 3.8) is 0 Å². The number of carbonyl (C=O) groups excluding carboxylic acids is 1. The van der Waals surface area contributed by atoms with E-state index in [-0.39, 0.29) is 19.3 Å². The van der Waals surface area contributed by atoms with Crippen LogP contribution in [0.5, 0.6) is 0 Å². The van der Waals surface area contributed by atoms with Gasteiger partial charge >= 0.3 is 11.9 Å². The van der Waals surface area contributed by atoms with Crippen LogP contribution in [0.15, 0.2) is 23.0 Å². The summed E-state index contributed by atoms with van der Waals surface area (Å²) in [6.07, 6.45) is 0.916. The Morgan fingerprint density at radius 2 is 2.00 bits per heavy atom. The summed E-state index contributed by atoms with van der Waals surface area (Å²) in [5.41, 5.74) is -1.43. The van der Waals surface area contributed by atoms with Crippen LogP contribution in [0.1, 0.15) is 57.6 Å². The summed E-state index contributed by atoms with van der Waals surface area (Å²) in [6, 6.07) is 1.60. The molecule has 0 bridgehead atoms. The molecule has 0 amide bonds. The van der Waals surface area contributed by atoms with Gasteiger partial charge in [0.25, 0.3) is 0 Å². The second-order valence-corrected chi connectivity index (χ2v) is 9.10. The van der Waals surface area contributed by atoms with Crippen molar-refractivity contribution in [2.24, 2.45) is 28.6 Å². The number of carbonyl (C=O) groups is 3. The lowest BCUT2D eigenvalue weighted by Crippen LogP contribution is -2.62. The number of aliphatic hydroxyl groups is 2. The third-order valence-electron chi connectivity index (χ3n) is 7.43. The molecule has 2 fully saturated rings. The van der Waals surface area contributed by atoms with Crippen LogP contribution in [0, 0.1) is 28.6 Å². The first-order valence-corrected chi connectivity index (χ1v) is 9.87. The molecule has 1 unspecified atom stereocenters. The van der Waals surface area contributed by atoms with Crippen molar-refractivity contribution in [3.05, 3.63) is 24.2 Å². The molecular formula is C21H28O8. The second-order valence-electron chi connectivity index (χ2n) is 9.10. The zero-order valence-electron chi connectivity index (χ0n) is 16.6. The third kappa shape index (κ3) is 3.59. The van der Waals surface area contributed by atoms with Crippen LogP contribution in [-0.4, -0.2) is 44.3 Å². The number of rotatable bonds is 6. The number of aliphatic carboxylic acids is 2. The lowest BCUT2D eigenvalue weighted by atomic mass is 9.43. The van der Waals surface area contributed by atoms with E-state index in [1.807, 2.05) is 0 Å². The molecule has 7 atom stereocenters. The summed E-state index contributed by atoms with van der Waals surface area (Å²) in [6.45, 7) is 3.50. The molecule has 29 heavy (non-hydrogen) atoms. The van der Waals surface area contributed by atoms with Crippen molar-refractivity contribution in [1.29, 1.82) is 0 Å². The topological polar surface area (TPSA) is 145 Å². The number of hydrogen-bond donors (Lipinski definition) is 4. The Labute approximate surface area is 168 Å². The van der Waals surface area contributed by atoms with E-state index in [4.69, 9.17) is 4.42 Å². The van der Waals surface area contributed by atoms with Gasteiger partial charge in [0.2, 0.25) is 0 Å². The normalized spacial score (nSPS) is 38.3. The average Bonchev–Trinajstić information content (AvgIpc) is 3.15. The molecule has 8 heteroatoms. The van der Waals surface area contributed by atoms with Gasteiger partial charge in [0, 0.05) is 17.9 Å². The van der Waals surface area contributed by atoms with Gasteiger partial charge in [-0.2, -0.15) is 0 Å². The van der Waals surface area contributed by atoms with E-state index in [0.717, 1.165) is 0 Å². The van der Waals surface area contributed by atoms with E-state index in [1.54, 1.807) is 19.9 Å². The number of hydrogen-bond acceptors (Lipinski definition) is 6. The minimum absolute atomic E-state index is 0.0650. The van der Waals surface area contributed by atoms with Gasteiger partial charge in [0.15, 0.2) is 5.78 Å². The summed E-state index contributed by atoms with van der Waals surface area (Å²) >= 11 is 0.